The Morgan fingerprint density at radius 2 is 1.74 bits per heavy atom. The first-order valence-corrected chi connectivity index (χ1v) is 6.55. The Kier molecular flexibility index (Phi) is 5.44. The van der Waals surface area contributed by atoms with Crippen molar-refractivity contribution in [3.05, 3.63) is 35.4 Å². The second-order valence-electron chi connectivity index (χ2n) is 6.14. The molecule has 4 heteroatoms. The SMILES string of the molecule is CC(NCC(C)(C)CN(C)C)c1c(F)cccc1F. The van der Waals surface area contributed by atoms with Crippen molar-refractivity contribution in [2.45, 2.75) is 26.8 Å². The average Bonchev–Trinajstić information content (AvgIpc) is 2.24. The van der Waals surface area contributed by atoms with Crippen molar-refractivity contribution >= 4 is 0 Å². The minimum Gasteiger partial charge on any atom is -0.309 e. The molecule has 1 aromatic carbocycles. The summed E-state index contributed by atoms with van der Waals surface area (Å²) in [6.07, 6.45) is 0. The van der Waals surface area contributed by atoms with Crippen LogP contribution in [0.1, 0.15) is 32.4 Å². The maximum absolute atomic E-state index is 13.6. The molecule has 0 aliphatic rings. The average molecular weight is 270 g/mol. The topological polar surface area (TPSA) is 15.3 Å². The van der Waals surface area contributed by atoms with Crippen LogP contribution in [0.3, 0.4) is 0 Å². The lowest BCUT2D eigenvalue weighted by Gasteiger charge is -2.30. The summed E-state index contributed by atoms with van der Waals surface area (Å²) in [5.41, 5.74) is 0.155. The van der Waals surface area contributed by atoms with Crippen molar-refractivity contribution in [1.82, 2.24) is 10.2 Å². The van der Waals surface area contributed by atoms with Crippen molar-refractivity contribution in [3.63, 3.8) is 0 Å². The van der Waals surface area contributed by atoms with Crippen LogP contribution in [0, 0.1) is 17.0 Å². The molecule has 0 aliphatic carbocycles. The fourth-order valence-electron chi connectivity index (χ4n) is 2.37. The van der Waals surface area contributed by atoms with E-state index in [2.05, 4.69) is 24.1 Å². The lowest BCUT2D eigenvalue weighted by Crippen LogP contribution is -2.38. The molecule has 0 radical (unpaired) electrons. The smallest absolute Gasteiger partial charge is 0.130 e. The van der Waals surface area contributed by atoms with Gasteiger partial charge in [0, 0.05) is 24.7 Å². The monoisotopic (exact) mass is 270 g/mol. The lowest BCUT2D eigenvalue weighted by atomic mass is 9.92. The third-order valence-electron chi connectivity index (χ3n) is 3.06. The molecule has 1 N–H and O–H groups in total. The number of nitrogens with one attached hydrogen (secondary N) is 1. The second kappa shape index (κ2) is 6.44. The molecular formula is C15H24F2N2. The number of rotatable bonds is 6. The summed E-state index contributed by atoms with van der Waals surface area (Å²) in [7, 11) is 4.03. The van der Waals surface area contributed by atoms with Gasteiger partial charge in [-0.2, -0.15) is 0 Å². The Balaban J connectivity index is 2.68. The van der Waals surface area contributed by atoms with Gasteiger partial charge in [-0.1, -0.05) is 19.9 Å². The van der Waals surface area contributed by atoms with Crippen molar-refractivity contribution in [1.29, 1.82) is 0 Å². The zero-order valence-electron chi connectivity index (χ0n) is 12.4. The molecule has 0 aromatic heterocycles. The Bertz CT molecular complexity index is 396. The normalized spacial score (nSPS) is 13.9. The largest absolute Gasteiger partial charge is 0.309 e. The van der Waals surface area contributed by atoms with E-state index >= 15 is 0 Å². The maximum atomic E-state index is 13.6. The fourth-order valence-corrected chi connectivity index (χ4v) is 2.37. The Morgan fingerprint density at radius 1 is 1.21 bits per heavy atom. The third-order valence-corrected chi connectivity index (χ3v) is 3.06. The van der Waals surface area contributed by atoms with Gasteiger partial charge in [0.2, 0.25) is 0 Å². The molecule has 1 rings (SSSR count). The van der Waals surface area contributed by atoms with E-state index in [4.69, 9.17) is 0 Å². The third kappa shape index (κ3) is 4.88. The summed E-state index contributed by atoms with van der Waals surface area (Å²) in [5, 5.41) is 3.22. The molecule has 1 atom stereocenters. The summed E-state index contributed by atoms with van der Waals surface area (Å²) < 4.78 is 27.3. The first-order chi connectivity index (χ1) is 8.73. The van der Waals surface area contributed by atoms with Crippen LogP contribution in [0.2, 0.25) is 0 Å². The van der Waals surface area contributed by atoms with Crippen LogP contribution in [0.25, 0.3) is 0 Å². The van der Waals surface area contributed by atoms with E-state index in [1.807, 2.05) is 14.1 Å². The van der Waals surface area contributed by atoms with E-state index < -0.39 is 11.6 Å². The van der Waals surface area contributed by atoms with Crippen LogP contribution in [0.4, 0.5) is 8.78 Å². The van der Waals surface area contributed by atoms with Gasteiger partial charge in [0.1, 0.15) is 11.6 Å². The number of hydrogen-bond acceptors (Lipinski definition) is 2. The van der Waals surface area contributed by atoms with Crippen LogP contribution in [0.5, 0.6) is 0 Å². The summed E-state index contributed by atoms with van der Waals surface area (Å²) in [6, 6.07) is 3.63. The molecule has 1 aromatic rings. The number of halogens is 2. The standard InChI is InChI=1S/C15H24F2N2/c1-11(14-12(16)7-6-8-13(14)17)18-9-15(2,3)10-19(4)5/h6-8,11,18H,9-10H2,1-5H3. The molecule has 1 unspecified atom stereocenters. The van der Waals surface area contributed by atoms with E-state index in [9.17, 15) is 8.78 Å². The predicted octanol–water partition coefficient (Wildman–Crippen LogP) is 3.20. The molecule has 0 saturated heterocycles. The molecule has 0 spiro atoms. The van der Waals surface area contributed by atoms with Crippen molar-refractivity contribution in [3.8, 4) is 0 Å². The fraction of sp³-hybridized carbons (Fsp3) is 0.600. The molecule has 0 fully saturated rings. The van der Waals surface area contributed by atoms with Gasteiger partial charge in [-0.25, -0.2) is 8.78 Å². The Hall–Kier alpha value is -1.00. The molecule has 108 valence electrons. The van der Waals surface area contributed by atoms with Crippen molar-refractivity contribution < 1.29 is 8.78 Å². The molecule has 19 heavy (non-hydrogen) atoms. The van der Waals surface area contributed by atoms with Crippen LogP contribution < -0.4 is 5.32 Å². The van der Waals surface area contributed by atoms with E-state index in [1.165, 1.54) is 18.2 Å². The van der Waals surface area contributed by atoms with Gasteiger partial charge in [0.25, 0.3) is 0 Å². The van der Waals surface area contributed by atoms with Gasteiger partial charge in [0.05, 0.1) is 0 Å². The minimum atomic E-state index is -0.495. The summed E-state index contributed by atoms with van der Waals surface area (Å²) >= 11 is 0. The summed E-state index contributed by atoms with van der Waals surface area (Å²) in [6.45, 7) is 7.65. The highest BCUT2D eigenvalue weighted by molar-refractivity contribution is 5.22. The van der Waals surface area contributed by atoms with Gasteiger partial charge in [-0.15, -0.1) is 0 Å². The number of hydrogen-bond donors (Lipinski definition) is 1. The highest BCUT2D eigenvalue weighted by Crippen LogP contribution is 2.22. The van der Waals surface area contributed by atoms with E-state index in [-0.39, 0.29) is 17.0 Å². The summed E-state index contributed by atoms with van der Waals surface area (Å²) in [4.78, 5) is 2.11. The minimum absolute atomic E-state index is 0.0412. The second-order valence-corrected chi connectivity index (χ2v) is 6.14. The van der Waals surface area contributed by atoms with Crippen molar-refractivity contribution in [2.75, 3.05) is 27.2 Å². The highest BCUT2D eigenvalue weighted by Gasteiger charge is 2.22. The van der Waals surface area contributed by atoms with Gasteiger partial charge in [-0.3, -0.25) is 0 Å². The quantitative estimate of drug-likeness (QED) is 0.854. The van der Waals surface area contributed by atoms with Gasteiger partial charge in [-0.05, 0) is 38.6 Å². The van der Waals surface area contributed by atoms with Crippen LogP contribution in [-0.4, -0.2) is 32.1 Å². The molecule has 2 nitrogen and oxygen atoms in total. The molecule has 0 saturated carbocycles. The number of benzene rings is 1. The first kappa shape index (κ1) is 16.1. The first-order valence-electron chi connectivity index (χ1n) is 6.55. The van der Waals surface area contributed by atoms with Gasteiger partial charge in [0.15, 0.2) is 0 Å². The zero-order valence-corrected chi connectivity index (χ0v) is 12.4. The van der Waals surface area contributed by atoms with E-state index in [0.29, 0.717) is 6.54 Å². The summed E-state index contributed by atoms with van der Waals surface area (Å²) in [5.74, 6) is -0.990. The van der Waals surface area contributed by atoms with Gasteiger partial charge >= 0.3 is 0 Å². The highest BCUT2D eigenvalue weighted by atomic mass is 19.1. The molecule has 0 bridgehead atoms. The Morgan fingerprint density at radius 3 is 2.21 bits per heavy atom. The van der Waals surface area contributed by atoms with Crippen LogP contribution in [-0.2, 0) is 0 Å². The molecular weight excluding hydrogens is 246 g/mol. The van der Waals surface area contributed by atoms with Crippen LogP contribution >= 0.6 is 0 Å². The molecule has 0 amide bonds. The Labute approximate surface area is 114 Å². The van der Waals surface area contributed by atoms with Crippen LogP contribution in [0.15, 0.2) is 18.2 Å². The zero-order chi connectivity index (χ0) is 14.6. The predicted molar refractivity (Wildman–Crippen MR) is 75.1 cm³/mol. The molecule has 0 heterocycles. The number of nitrogens with zero attached hydrogens (tertiary/aromatic N) is 1. The van der Waals surface area contributed by atoms with Crippen molar-refractivity contribution in [2.24, 2.45) is 5.41 Å². The van der Waals surface area contributed by atoms with E-state index in [1.54, 1.807) is 6.92 Å². The van der Waals surface area contributed by atoms with E-state index in [0.717, 1.165) is 6.54 Å². The molecule has 0 aliphatic heterocycles. The lowest BCUT2D eigenvalue weighted by molar-refractivity contribution is 0.226. The maximum Gasteiger partial charge on any atom is 0.130 e. The van der Waals surface area contributed by atoms with Gasteiger partial charge < -0.3 is 10.2 Å².